The van der Waals surface area contributed by atoms with E-state index in [1.165, 1.54) is 45.2 Å². The molecular weight excluding hydrogens is 290 g/mol. The van der Waals surface area contributed by atoms with Crippen molar-refractivity contribution in [1.29, 1.82) is 0 Å². The lowest BCUT2D eigenvalue weighted by atomic mass is 9.84. The maximum atomic E-state index is 12.1. The van der Waals surface area contributed by atoms with Gasteiger partial charge in [-0.05, 0) is 49.8 Å². The second kappa shape index (κ2) is 7.82. The minimum Gasteiger partial charge on any atom is -0.497 e. The van der Waals surface area contributed by atoms with Gasteiger partial charge < -0.3 is 14.4 Å². The van der Waals surface area contributed by atoms with Crippen LogP contribution >= 0.6 is 0 Å². The molecule has 1 unspecified atom stereocenters. The maximum Gasteiger partial charge on any atom is 0.310 e. The number of quaternary nitrogens is 1. The van der Waals surface area contributed by atoms with Crippen LogP contribution in [0.4, 0.5) is 0 Å². The number of ether oxygens (including phenoxy) is 2. The van der Waals surface area contributed by atoms with Gasteiger partial charge in [-0.1, -0.05) is 12.1 Å². The third kappa shape index (κ3) is 4.25. The number of carbonyl (C=O) groups is 1. The fraction of sp³-hybridized carbons (Fsp3) is 0.632. The molecule has 1 aromatic rings. The van der Waals surface area contributed by atoms with Crippen molar-refractivity contribution in [3.05, 3.63) is 29.8 Å². The molecule has 3 rings (SSSR count). The summed E-state index contributed by atoms with van der Waals surface area (Å²) in [6, 6.07) is 8.33. The Morgan fingerprint density at radius 1 is 1.13 bits per heavy atom. The zero-order valence-corrected chi connectivity index (χ0v) is 14.1. The Hall–Kier alpha value is -1.55. The van der Waals surface area contributed by atoms with Crippen LogP contribution < -0.4 is 9.64 Å². The lowest BCUT2D eigenvalue weighted by Gasteiger charge is -2.41. The van der Waals surface area contributed by atoms with E-state index in [4.69, 9.17) is 9.47 Å². The van der Waals surface area contributed by atoms with Gasteiger partial charge in [0.2, 0.25) is 0 Å². The van der Waals surface area contributed by atoms with Crippen molar-refractivity contribution >= 4 is 5.97 Å². The highest BCUT2D eigenvalue weighted by atomic mass is 16.5. The summed E-state index contributed by atoms with van der Waals surface area (Å²) in [5, 5.41) is 0. The summed E-state index contributed by atoms with van der Waals surface area (Å²) in [7, 11) is 1.64. The molecule has 0 amide bonds. The Kier molecular flexibility index (Phi) is 5.55. The van der Waals surface area contributed by atoms with Crippen LogP contribution in [0.1, 0.15) is 37.7 Å². The van der Waals surface area contributed by atoms with Crippen LogP contribution in [0, 0.1) is 5.92 Å². The Morgan fingerprint density at radius 3 is 2.70 bits per heavy atom. The van der Waals surface area contributed by atoms with E-state index in [-0.39, 0.29) is 5.97 Å². The van der Waals surface area contributed by atoms with Crippen molar-refractivity contribution in [3.8, 4) is 5.75 Å². The van der Waals surface area contributed by atoms with Gasteiger partial charge >= 0.3 is 5.97 Å². The number of fused-ring (bicyclic) bond motifs is 1. The zero-order valence-electron chi connectivity index (χ0n) is 14.1. The number of methoxy groups -OCH3 is 1. The summed E-state index contributed by atoms with van der Waals surface area (Å²) >= 11 is 0. The van der Waals surface area contributed by atoms with E-state index in [2.05, 4.69) is 0 Å². The largest absolute Gasteiger partial charge is 0.497 e. The molecule has 0 radical (unpaired) electrons. The first-order chi connectivity index (χ1) is 11.3. The number of piperidine rings is 2. The summed E-state index contributed by atoms with van der Waals surface area (Å²) < 4.78 is 10.7. The van der Waals surface area contributed by atoms with Gasteiger partial charge in [0.1, 0.15) is 5.75 Å². The van der Waals surface area contributed by atoms with Gasteiger partial charge in [-0.3, -0.25) is 4.79 Å². The zero-order chi connectivity index (χ0) is 16.1. The molecule has 4 nitrogen and oxygen atoms in total. The highest BCUT2D eigenvalue weighted by molar-refractivity contribution is 5.72. The van der Waals surface area contributed by atoms with E-state index in [1.54, 1.807) is 12.0 Å². The van der Waals surface area contributed by atoms with Crippen molar-refractivity contribution in [2.45, 2.75) is 44.6 Å². The Balaban J connectivity index is 1.47. The van der Waals surface area contributed by atoms with Crippen LogP contribution in [0.3, 0.4) is 0 Å². The van der Waals surface area contributed by atoms with E-state index < -0.39 is 0 Å². The summed E-state index contributed by atoms with van der Waals surface area (Å²) in [5.41, 5.74) is 0.976. The molecule has 2 fully saturated rings. The summed E-state index contributed by atoms with van der Waals surface area (Å²) in [5.74, 6) is 1.25. The molecule has 0 aliphatic carbocycles. The Morgan fingerprint density at radius 2 is 1.91 bits per heavy atom. The standard InChI is InChI=1S/C19H27NO3/c1-22-17-9-7-15(8-10-17)13-19(21)23-14-16-5-4-12-20-11-3-2-6-18(16)20/h7-10,16,18H,2-6,11-14H2,1H3/p+1/t16-,18+/m0/s1. The van der Waals surface area contributed by atoms with Gasteiger partial charge in [-0.2, -0.15) is 0 Å². The van der Waals surface area contributed by atoms with Crippen LogP contribution in [0.25, 0.3) is 0 Å². The molecule has 0 saturated carbocycles. The summed E-state index contributed by atoms with van der Waals surface area (Å²) in [6.45, 7) is 3.21. The number of rotatable bonds is 5. The third-order valence-electron chi connectivity index (χ3n) is 5.40. The van der Waals surface area contributed by atoms with Crippen molar-refractivity contribution in [1.82, 2.24) is 0 Å². The Labute approximate surface area is 138 Å². The van der Waals surface area contributed by atoms with E-state index in [0.717, 1.165) is 11.3 Å². The van der Waals surface area contributed by atoms with Crippen LogP contribution in [0.5, 0.6) is 5.75 Å². The molecule has 4 heteroatoms. The Bertz CT molecular complexity index is 512. The van der Waals surface area contributed by atoms with Crippen molar-refractivity contribution in [3.63, 3.8) is 0 Å². The molecule has 0 spiro atoms. The van der Waals surface area contributed by atoms with Crippen molar-refractivity contribution < 1.29 is 19.2 Å². The predicted octanol–water partition coefficient (Wildman–Crippen LogP) is 1.63. The molecule has 2 aliphatic rings. The topological polar surface area (TPSA) is 40.0 Å². The summed E-state index contributed by atoms with van der Waals surface area (Å²) in [6.07, 6.45) is 6.82. The fourth-order valence-corrected chi connectivity index (χ4v) is 4.14. The van der Waals surface area contributed by atoms with E-state index in [9.17, 15) is 4.79 Å². The lowest BCUT2D eigenvalue weighted by molar-refractivity contribution is -0.940. The fourth-order valence-electron chi connectivity index (χ4n) is 4.14. The third-order valence-corrected chi connectivity index (χ3v) is 5.40. The maximum absolute atomic E-state index is 12.1. The van der Waals surface area contributed by atoms with Crippen LogP contribution in [0.15, 0.2) is 24.3 Å². The molecule has 126 valence electrons. The molecular formula is C19H28NO3+. The first-order valence-electron chi connectivity index (χ1n) is 8.89. The lowest BCUT2D eigenvalue weighted by Crippen LogP contribution is -3.18. The van der Waals surface area contributed by atoms with Gasteiger partial charge in [0.15, 0.2) is 0 Å². The van der Waals surface area contributed by atoms with E-state index >= 15 is 0 Å². The second-order valence-electron chi connectivity index (χ2n) is 6.87. The second-order valence-corrected chi connectivity index (χ2v) is 6.87. The van der Waals surface area contributed by atoms with Gasteiger partial charge in [0, 0.05) is 5.92 Å². The minimum atomic E-state index is -0.113. The molecule has 0 bridgehead atoms. The highest BCUT2D eigenvalue weighted by Crippen LogP contribution is 2.21. The highest BCUT2D eigenvalue weighted by Gasteiger charge is 2.37. The average Bonchev–Trinajstić information content (AvgIpc) is 2.60. The first kappa shape index (κ1) is 16.3. The smallest absolute Gasteiger partial charge is 0.310 e. The van der Waals surface area contributed by atoms with Crippen LogP contribution in [-0.2, 0) is 16.0 Å². The number of carbonyl (C=O) groups excluding carboxylic acids is 1. The summed E-state index contributed by atoms with van der Waals surface area (Å²) in [4.78, 5) is 13.9. The predicted molar refractivity (Wildman–Crippen MR) is 88.7 cm³/mol. The molecule has 2 aliphatic heterocycles. The van der Waals surface area contributed by atoms with E-state index in [0.29, 0.717) is 25.0 Å². The average molecular weight is 318 g/mol. The molecule has 1 aromatic carbocycles. The number of hydrogen-bond donors (Lipinski definition) is 1. The number of esters is 1. The van der Waals surface area contributed by atoms with Crippen molar-refractivity contribution in [2.75, 3.05) is 26.8 Å². The minimum absolute atomic E-state index is 0.113. The van der Waals surface area contributed by atoms with Crippen LogP contribution in [0.2, 0.25) is 0 Å². The normalized spacial score (nSPS) is 27.1. The van der Waals surface area contributed by atoms with Gasteiger partial charge in [0.25, 0.3) is 0 Å². The number of benzene rings is 1. The molecule has 2 saturated heterocycles. The van der Waals surface area contributed by atoms with Crippen LogP contribution in [-0.4, -0.2) is 38.8 Å². The number of hydrogen-bond acceptors (Lipinski definition) is 3. The van der Waals surface area contributed by atoms with Gasteiger partial charge in [0.05, 0.1) is 39.3 Å². The van der Waals surface area contributed by atoms with E-state index in [1.807, 2.05) is 24.3 Å². The molecule has 3 atom stereocenters. The molecule has 23 heavy (non-hydrogen) atoms. The first-order valence-corrected chi connectivity index (χ1v) is 8.89. The monoisotopic (exact) mass is 318 g/mol. The quantitative estimate of drug-likeness (QED) is 0.839. The molecule has 1 N–H and O–H groups in total. The van der Waals surface area contributed by atoms with Gasteiger partial charge in [-0.25, -0.2) is 0 Å². The molecule has 0 aromatic heterocycles. The molecule has 2 heterocycles. The SMILES string of the molecule is COc1ccc(CC(=O)OC[C@@H]2CCC[NH+]3CCCC[C@H]23)cc1. The number of nitrogens with one attached hydrogen (secondary N) is 1. The van der Waals surface area contributed by atoms with Crippen molar-refractivity contribution in [2.24, 2.45) is 5.92 Å². The van der Waals surface area contributed by atoms with Gasteiger partial charge in [-0.15, -0.1) is 0 Å².